The fraction of sp³-hybridized carbons (Fsp3) is 0.571. The molecule has 0 saturated heterocycles. The first-order chi connectivity index (χ1) is 9.40. The molecule has 2 heterocycles. The fourth-order valence-corrected chi connectivity index (χ4v) is 2.33. The molecule has 0 spiro atoms. The topological polar surface area (TPSA) is 65.6 Å². The zero-order valence-electron chi connectivity index (χ0n) is 12.7. The molecule has 108 valence electrons. The second kappa shape index (κ2) is 5.56. The number of aromatic nitrogens is 5. The summed E-state index contributed by atoms with van der Waals surface area (Å²) in [6.07, 6.45) is 1.77. The Morgan fingerprint density at radius 2 is 2.05 bits per heavy atom. The zero-order valence-corrected chi connectivity index (χ0v) is 12.7. The van der Waals surface area contributed by atoms with Crippen LogP contribution in [-0.2, 0) is 20.0 Å². The fourth-order valence-electron chi connectivity index (χ4n) is 2.33. The molecule has 6 heteroatoms. The molecule has 0 bridgehead atoms. The second-order valence-electron chi connectivity index (χ2n) is 5.52. The van der Waals surface area contributed by atoms with E-state index in [1.54, 1.807) is 4.68 Å². The monoisotopic (exact) mass is 275 g/mol. The van der Waals surface area contributed by atoms with E-state index in [2.05, 4.69) is 29.0 Å². The summed E-state index contributed by atoms with van der Waals surface area (Å²) in [5.74, 6) is 1.23. The number of ketones is 1. The average Bonchev–Trinajstić information content (AvgIpc) is 2.85. The van der Waals surface area contributed by atoms with Crippen LogP contribution in [0.4, 0.5) is 0 Å². The number of hydrogen-bond acceptors (Lipinski definition) is 4. The first-order valence-electron chi connectivity index (χ1n) is 6.80. The normalized spacial score (nSPS) is 11.3. The van der Waals surface area contributed by atoms with Gasteiger partial charge in [-0.2, -0.15) is 10.2 Å². The van der Waals surface area contributed by atoms with E-state index in [0.29, 0.717) is 17.3 Å². The smallest absolute Gasteiger partial charge is 0.174 e. The highest BCUT2D eigenvalue weighted by Crippen LogP contribution is 2.15. The van der Waals surface area contributed by atoms with Crippen LogP contribution in [0, 0.1) is 19.8 Å². The van der Waals surface area contributed by atoms with Gasteiger partial charge in [-0.25, -0.2) is 9.67 Å². The van der Waals surface area contributed by atoms with E-state index in [1.807, 2.05) is 25.6 Å². The number of aryl methyl sites for hydroxylation is 2. The Bertz CT molecular complexity index is 624. The molecule has 6 nitrogen and oxygen atoms in total. The molecule has 0 amide bonds. The molecule has 0 aliphatic heterocycles. The summed E-state index contributed by atoms with van der Waals surface area (Å²) in [6, 6.07) is 0. The number of carbonyl (C=O) groups excluding carboxylic acids is 1. The van der Waals surface area contributed by atoms with E-state index in [-0.39, 0.29) is 12.2 Å². The van der Waals surface area contributed by atoms with Gasteiger partial charge in [-0.3, -0.25) is 9.48 Å². The van der Waals surface area contributed by atoms with Crippen LogP contribution in [0.1, 0.15) is 41.4 Å². The Hall–Kier alpha value is -1.98. The lowest BCUT2D eigenvalue weighted by molar-refractivity contribution is 0.0987. The number of hydrogen-bond donors (Lipinski definition) is 0. The van der Waals surface area contributed by atoms with E-state index in [4.69, 9.17) is 0 Å². The predicted octanol–water partition coefficient (Wildman–Crippen LogP) is 1.71. The van der Waals surface area contributed by atoms with Crippen molar-refractivity contribution in [3.8, 4) is 0 Å². The lowest BCUT2D eigenvalue weighted by Gasteiger charge is -2.08. The minimum absolute atomic E-state index is 0.0473. The first kappa shape index (κ1) is 14.4. The summed E-state index contributed by atoms with van der Waals surface area (Å²) < 4.78 is 3.55. The van der Waals surface area contributed by atoms with Crippen LogP contribution in [0.15, 0.2) is 6.33 Å². The Kier molecular flexibility index (Phi) is 4.01. The van der Waals surface area contributed by atoms with Gasteiger partial charge in [-0.05, 0) is 19.8 Å². The lowest BCUT2D eigenvalue weighted by Crippen LogP contribution is -2.15. The molecule has 0 radical (unpaired) electrons. The SMILES string of the molecule is Cc1nn(C)c(C)c1C(=O)Cc1ncnn1CC(C)C. The third-order valence-corrected chi connectivity index (χ3v) is 3.34. The van der Waals surface area contributed by atoms with Crippen LogP contribution in [0.5, 0.6) is 0 Å². The molecule has 2 rings (SSSR count). The maximum atomic E-state index is 12.5. The molecule has 0 N–H and O–H groups in total. The van der Waals surface area contributed by atoms with Crippen LogP contribution in [-0.4, -0.2) is 30.3 Å². The third kappa shape index (κ3) is 2.79. The van der Waals surface area contributed by atoms with Crippen LogP contribution in [0.25, 0.3) is 0 Å². The van der Waals surface area contributed by atoms with E-state index < -0.39 is 0 Å². The van der Waals surface area contributed by atoms with Crippen molar-refractivity contribution in [2.75, 3.05) is 0 Å². The van der Waals surface area contributed by atoms with Gasteiger partial charge in [0.1, 0.15) is 12.2 Å². The Morgan fingerprint density at radius 1 is 1.35 bits per heavy atom. The quantitative estimate of drug-likeness (QED) is 0.779. The molecule has 2 aromatic rings. The Labute approximate surface area is 118 Å². The van der Waals surface area contributed by atoms with E-state index in [9.17, 15) is 4.79 Å². The van der Waals surface area contributed by atoms with Crippen LogP contribution in [0.2, 0.25) is 0 Å². The number of rotatable bonds is 5. The van der Waals surface area contributed by atoms with Gasteiger partial charge in [0, 0.05) is 19.3 Å². The van der Waals surface area contributed by atoms with Crippen LogP contribution in [0.3, 0.4) is 0 Å². The number of carbonyl (C=O) groups is 1. The standard InChI is InChI=1S/C14H21N5O/c1-9(2)7-19-13(15-8-16-19)6-12(20)14-10(3)17-18(5)11(14)4/h8-9H,6-7H2,1-5H3. The van der Waals surface area contributed by atoms with Crippen molar-refractivity contribution in [3.05, 3.63) is 29.1 Å². The molecule has 0 aromatic carbocycles. The number of Topliss-reactive ketones (excluding diaryl/α,β-unsaturated/α-hetero) is 1. The average molecular weight is 275 g/mol. The summed E-state index contributed by atoms with van der Waals surface area (Å²) in [6.45, 7) is 8.77. The van der Waals surface area contributed by atoms with Gasteiger partial charge < -0.3 is 0 Å². The van der Waals surface area contributed by atoms with Crippen molar-refractivity contribution in [3.63, 3.8) is 0 Å². The van der Waals surface area contributed by atoms with Crippen molar-refractivity contribution >= 4 is 5.78 Å². The molecule has 0 fully saturated rings. The Balaban J connectivity index is 2.22. The largest absolute Gasteiger partial charge is 0.294 e. The highest BCUT2D eigenvalue weighted by Gasteiger charge is 2.19. The van der Waals surface area contributed by atoms with E-state index >= 15 is 0 Å². The number of nitrogens with zero attached hydrogens (tertiary/aromatic N) is 5. The highest BCUT2D eigenvalue weighted by atomic mass is 16.1. The van der Waals surface area contributed by atoms with Gasteiger partial charge in [0.2, 0.25) is 0 Å². The van der Waals surface area contributed by atoms with Crippen molar-refractivity contribution in [2.24, 2.45) is 13.0 Å². The maximum absolute atomic E-state index is 12.5. The summed E-state index contributed by atoms with van der Waals surface area (Å²) >= 11 is 0. The van der Waals surface area contributed by atoms with Crippen molar-refractivity contribution in [1.82, 2.24) is 24.5 Å². The summed E-state index contributed by atoms with van der Waals surface area (Å²) in [5, 5.41) is 8.47. The van der Waals surface area contributed by atoms with Gasteiger partial charge in [0.25, 0.3) is 0 Å². The maximum Gasteiger partial charge on any atom is 0.174 e. The third-order valence-electron chi connectivity index (χ3n) is 3.34. The lowest BCUT2D eigenvalue weighted by atomic mass is 10.1. The molecule has 0 saturated carbocycles. The van der Waals surface area contributed by atoms with Gasteiger partial charge in [0.05, 0.1) is 17.7 Å². The van der Waals surface area contributed by atoms with Crippen LogP contribution >= 0.6 is 0 Å². The van der Waals surface area contributed by atoms with E-state index in [1.165, 1.54) is 6.33 Å². The summed E-state index contributed by atoms with van der Waals surface area (Å²) in [4.78, 5) is 16.7. The van der Waals surface area contributed by atoms with Gasteiger partial charge >= 0.3 is 0 Å². The predicted molar refractivity (Wildman–Crippen MR) is 75.6 cm³/mol. The van der Waals surface area contributed by atoms with Gasteiger partial charge in [0.15, 0.2) is 5.78 Å². The molecule has 2 aromatic heterocycles. The van der Waals surface area contributed by atoms with Crippen LogP contribution < -0.4 is 0 Å². The Morgan fingerprint density at radius 3 is 2.60 bits per heavy atom. The van der Waals surface area contributed by atoms with E-state index in [0.717, 1.165) is 17.9 Å². The molecular weight excluding hydrogens is 254 g/mol. The highest BCUT2D eigenvalue weighted by molar-refractivity contribution is 5.99. The van der Waals surface area contributed by atoms with Gasteiger partial charge in [-0.15, -0.1) is 0 Å². The molecule has 0 aliphatic carbocycles. The first-order valence-corrected chi connectivity index (χ1v) is 6.80. The molecule has 0 aliphatic rings. The molecule has 0 atom stereocenters. The second-order valence-corrected chi connectivity index (χ2v) is 5.52. The van der Waals surface area contributed by atoms with Gasteiger partial charge in [-0.1, -0.05) is 13.8 Å². The summed E-state index contributed by atoms with van der Waals surface area (Å²) in [5.41, 5.74) is 2.36. The molecule has 0 unspecified atom stereocenters. The minimum atomic E-state index is 0.0473. The molecule has 20 heavy (non-hydrogen) atoms. The zero-order chi connectivity index (χ0) is 14.9. The van der Waals surface area contributed by atoms with Crippen molar-refractivity contribution in [2.45, 2.75) is 40.7 Å². The van der Waals surface area contributed by atoms with Crippen molar-refractivity contribution in [1.29, 1.82) is 0 Å². The minimum Gasteiger partial charge on any atom is -0.294 e. The molecular formula is C14H21N5O. The summed E-state index contributed by atoms with van der Waals surface area (Å²) in [7, 11) is 1.85. The van der Waals surface area contributed by atoms with Crippen molar-refractivity contribution < 1.29 is 4.79 Å².